The molecule has 1 saturated heterocycles. The van der Waals surface area contributed by atoms with Crippen molar-refractivity contribution >= 4 is 29.1 Å². The Morgan fingerprint density at radius 2 is 1.78 bits per heavy atom. The standard InChI is InChI=1S/C12H14Cl2N2O.ClH/c1-15-4-6-16(7-5-15)12(17)10-8-9(13)2-3-11(10)14;/h2-3,8H,4-7H2,1H3;1H/p-1. The summed E-state index contributed by atoms with van der Waals surface area (Å²) in [5.74, 6) is -0.0365. The van der Waals surface area contributed by atoms with Gasteiger partial charge >= 0.3 is 0 Å². The highest BCUT2D eigenvalue weighted by molar-refractivity contribution is 6.35. The lowest BCUT2D eigenvalue weighted by atomic mass is 10.2. The molecule has 0 bridgehead atoms. The summed E-state index contributed by atoms with van der Waals surface area (Å²) in [4.78, 5) is 16.3. The van der Waals surface area contributed by atoms with Gasteiger partial charge in [0, 0.05) is 31.2 Å². The van der Waals surface area contributed by atoms with Crippen LogP contribution in [0, 0.1) is 0 Å². The summed E-state index contributed by atoms with van der Waals surface area (Å²) in [5.41, 5.74) is 0.490. The van der Waals surface area contributed by atoms with Crippen molar-refractivity contribution in [1.29, 1.82) is 0 Å². The lowest BCUT2D eigenvalue weighted by Gasteiger charge is -2.32. The maximum Gasteiger partial charge on any atom is 0.255 e. The van der Waals surface area contributed by atoms with Crippen molar-refractivity contribution in [2.24, 2.45) is 0 Å². The van der Waals surface area contributed by atoms with Gasteiger partial charge in [-0.3, -0.25) is 4.79 Å². The first-order chi connectivity index (χ1) is 8.08. The quantitative estimate of drug-likeness (QED) is 0.691. The topological polar surface area (TPSA) is 23.6 Å². The van der Waals surface area contributed by atoms with Crippen LogP contribution in [0.4, 0.5) is 0 Å². The minimum Gasteiger partial charge on any atom is -1.00 e. The summed E-state index contributed by atoms with van der Waals surface area (Å²) in [7, 11) is 2.05. The predicted octanol–water partition coefficient (Wildman–Crippen LogP) is -0.615. The molecule has 0 radical (unpaired) electrons. The average Bonchev–Trinajstić information content (AvgIpc) is 2.32. The summed E-state index contributed by atoms with van der Waals surface area (Å²) in [6.45, 7) is 3.25. The molecular formula is C12H14Cl3N2O-. The zero-order valence-corrected chi connectivity index (χ0v) is 12.3. The van der Waals surface area contributed by atoms with Crippen LogP contribution in [0.15, 0.2) is 18.2 Å². The van der Waals surface area contributed by atoms with Crippen LogP contribution in [0.1, 0.15) is 10.4 Å². The first-order valence-corrected chi connectivity index (χ1v) is 6.26. The van der Waals surface area contributed by atoms with Gasteiger partial charge in [-0.25, -0.2) is 0 Å². The molecule has 2 rings (SSSR count). The number of amides is 1. The number of carbonyl (C=O) groups is 1. The fraction of sp³-hybridized carbons (Fsp3) is 0.417. The number of hydrogen-bond donors (Lipinski definition) is 0. The minimum absolute atomic E-state index is 0. The maximum absolute atomic E-state index is 12.2. The summed E-state index contributed by atoms with van der Waals surface area (Å²) in [6, 6.07) is 4.97. The van der Waals surface area contributed by atoms with Crippen LogP contribution >= 0.6 is 23.2 Å². The van der Waals surface area contributed by atoms with Gasteiger partial charge in [0.1, 0.15) is 0 Å². The summed E-state index contributed by atoms with van der Waals surface area (Å²) >= 11 is 11.9. The molecule has 1 aliphatic heterocycles. The summed E-state index contributed by atoms with van der Waals surface area (Å²) < 4.78 is 0. The van der Waals surface area contributed by atoms with Crippen LogP contribution in [0.3, 0.4) is 0 Å². The fourth-order valence-electron chi connectivity index (χ4n) is 1.84. The lowest BCUT2D eigenvalue weighted by Crippen LogP contribution is -3.00. The van der Waals surface area contributed by atoms with E-state index in [9.17, 15) is 4.79 Å². The summed E-state index contributed by atoms with van der Waals surface area (Å²) in [6.07, 6.45) is 0. The van der Waals surface area contributed by atoms with Crippen LogP contribution in [-0.4, -0.2) is 48.9 Å². The zero-order valence-electron chi connectivity index (χ0n) is 10.00. The molecule has 6 heteroatoms. The van der Waals surface area contributed by atoms with Crippen LogP contribution in [0.2, 0.25) is 10.0 Å². The third-order valence-electron chi connectivity index (χ3n) is 2.95. The molecule has 1 heterocycles. The molecule has 1 aromatic rings. The van der Waals surface area contributed by atoms with Gasteiger partial charge in [-0.15, -0.1) is 0 Å². The van der Waals surface area contributed by atoms with Crippen molar-refractivity contribution in [3.63, 3.8) is 0 Å². The van der Waals surface area contributed by atoms with Gasteiger partial charge in [-0.2, -0.15) is 0 Å². The molecule has 3 nitrogen and oxygen atoms in total. The Morgan fingerprint density at radius 3 is 2.39 bits per heavy atom. The van der Waals surface area contributed by atoms with E-state index in [-0.39, 0.29) is 18.3 Å². The molecule has 1 fully saturated rings. The Hall–Kier alpha value is -0.480. The van der Waals surface area contributed by atoms with Gasteiger partial charge in [-0.1, -0.05) is 23.2 Å². The zero-order chi connectivity index (χ0) is 12.4. The van der Waals surface area contributed by atoms with Crippen molar-refractivity contribution in [2.45, 2.75) is 0 Å². The largest absolute Gasteiger partial charge is 1.00 e. The first-order valence-electron chi connectivity index (χ1n) is 5.51. The van der Waals surface area contributed by atoms with Crippen molar-refractivity contribution in [3.05, 3.63) is 33.8 Å². The van der Waals surface area contributed by atoms with E-state index in [0.717, 1.165) is 26.2 Å². The van der Waals surface area contributed by atoms with Gasteiger partial charge in [-0.05, 0) is 25.2 Å². The Balaban J connectivity index is 0.00000162. The first kappa shape index (κ1) is 15.6. The van der Waals surface area contributed by atoms with Crippen molar-refractivity contribution in [3.8, 4) is 0 Å². The van der Waals surface area contributed by atoms with Crippen LogP contribution in [0.25, 0.3) is 0 Å². The van der Waals surface area contributed by atoms with Gasteiger partial charge in [0.2, 0.25) is 0 Å². The monoisotopic (exact) mass is 307 g/mol. The highest BCUT2D eigenvalue weighted by Crippen LogP contribution is 2.22. The smallest absolute Gasteiger partial charge is 0.255 e. The molecule has 0 saturated carbocycles. The third kappa shape index (κ3) is 3.51. The van der Waals surface area contributed by atoms with Gasteiger partial charge in [0.05, 0.1) is 10.6 Å². The fourth-order valence-corrected chi connectivity index (χ4v) is 2.21. The number of hydrogen-bond acceptors (Lipinski definition) is 2. The number of rotatable bonds is 1. The Labute approximate surface area is 123 Å². The van der Waals surface area contributed by atoms with E-state index in [4.69, 9.17) is 23.2 Å². The highest BCUT2D eigenvalue weighted by Gasteiger charge is 2.22. The number of likely N-dealkylation sites (N-methyl/N-ethyl adjacent to an activating group) is 1. The van der Waals surface area contributed by atoms with E-state index < -0.39 is 0 Å². The number of piperazine rings is 1. The lowest BCUT2D eigenvalue weighted by molar-refractivity contribution is -0.0000140. The van der Waals surface area contributed by atoms with E-state index in [1.807, 2.05) is 11.9 Å². The van der Waals surface area contributed by atoms with E-state index in [1.165, 1.54) is 0 Å². The highest BCUT2D eigenvalue weighted by atomic mass is 35.5. The number of carbonyl (C=O) groups excluding carboxylic acids is 1. The molecule has 0 spiro atoms. The maximum atomic E-state index is 12.2. The second kappa shape index (κ2) is 6.62. The number of halogens is 3. The van der Waals surface area contributed by atoms with Crippen molar-refractivity contribution in [2.75, 3.05) is 33.2 Å². The number of benzene rings is 1. The molecule has 0 aromatic heterocycles. The van der Waals surface area contributed by atoms with Gasteiger partial charge < -0.3 is 22.2 Å². The molecule has 1 aromatic carbocycles. The average molecular weight is 309 g/mol. The molecule has 100 valence electrons. The Bertz CT molecular complexity index is 431. The molecule has 0 unspecified atom stereocenters. The molecule has 1 amide bonds. The van der Waals surface area contributed by atoms with E-state index >= 15 is 0 Å². The SMILES string of the molecule is CN1CCN(C(=O)c2cc(Cl)ccc2Cl)CC1.[Cl-]. The molecule has 0 aliphatic carbocycles. The second-order valence-corrected chi connectivity index (χ2v) is 5.06. The Kier molecular flexibility index (Phi) is 5.73. The minimum atomic E-state index is -0.0365. The van der Waals surface area contributed by atoms with Crippen molar-refractivity contribution < 1.29 is 17.2 Å². The van der Waals surface area contributed by atoms with Gasteiger partial charge in [0.15, 0.2) is 0 Å². The molecular weight excluding hydrogens is 295 g/mol. The summed E-state index contributed by atoms with van der Waals surface area (Å²) in [5, 5.41) is 0.991. The van der Waals surface area contributed by atoms with Crippen LogP contribution in [0.5, 0.6) is 0 Å². The van der Waals surface area contributed by atoms with E-state index in [0.29, 0.717) is 15.6 Å². The molecule has 1 aliphatic rings. The Morgan fingerprint density at radius 1 is 1.17 bits per heavy atom. The molecule has 0 N–H and O–H groups in total. The third-order valence-corrected chi connectivity index (χ3v) is 3.51. The molecule has 18 heavy (non-hydrogen) atoms. The predicted molar refractivity (Wildman–Crippen MR) is 69.9 cm³/mol. The number of nitrogens with zero attached hydrogens (tertiary/aromatic N) is 2. The van der Waals surface area contributed by atoms with Crippen LogP contribution < -0.4 is 12.4 Å². The van der Waals surface area contributed by atoms with E-state index in [1.54, 1.807) is 18.2 Å². The van der Waals surface area contributed by atoms with Gasteiger partial charge in [0.25, 0.3) is 5.91 Å². The molecule has 0 atom stereocenters. The van der Waals surface area contributed by atoms with Crippen LogP contribution in [-0.2, 0) is 0 Å². The van der Waals surface area contributed by atoms with Crippen molar-refractivity contribution in [1.82, 2.24) is 9.80 Å². The normalized spacial score (nSPS) is 16.3. The second-order valence-electron chi connectivity index (χ2n) is 4.22. The van der Waals surface area contributed by atoms with E-state index in [2.05, 4.69) is 4.90 Å².